The molecule has 78 valence electrons. The Morgan fingerprint density at radius 1 is 1.43 bits per heavy atom. The number of rotatable bonds is 2. The highest BCUT2D eigenvalue weighted by Gasteiger charge is 2.10. The number of non-ortho nitro benzene ring substituents is 1. The Bertz CT molecular complexity index is 315. The van der Waals surface area contributed by atoms with Gasteiger partial charge in [-0.2, -0.15) is 0 Å². The van der Waals surface area contributed by atoms with E-state index in [9.17, 15) is 14.5 Å². The number of ether oxygens (including phenoxy) is 1. The summed E-state index contributed by atoms with van der Waals surface area (Å²) in [6, 6.07) is 3.12. The van der Waals surface area contributed by atoms with E-state index in [1.807, 2.05) is 13.8 Å². The number of hydrogen-bond donors (Lipinski definition) is 0. The average Bonchev–Trinajstić information content (AvgIpc) is 2.21. The van der Waals surface area contributed by atoms with Gasteiger partial charge in [-0.15, -0.1) is 0 Å². The van der Waals surface area contributed by atoms with Crippen molar-refractivity contribution in [1.29, 1.82) is 0 Å². The van der Waals surface area contributed by atoms with E-state index in [1.165, 1.54) is 7.11 Å². The van der Waals surface area contributed by atoms with Crippen LogP contribution in [0.4, 0.5) is 10.1 Å². The van der Waals surface area contributed by atoms with Gasteiger partial charge in [-0.05, 0) is 6.07 Å². The number of halogens is 1. The fourth-order valence-corrected chi connectivity index (χ4v) is 0.762. The third kappa shape index (κ3) is 3.01. The second kappa shape index (κ2) is 5.90. The number of hydrogen-bond acceptors (Lipinski definition) is 3. The first-order valence-electron chi connectivity index (χ1n) is 4.13. The van der Waals surface area contributed by atoms with Crippen LogP contribution in [0.15, 0.2) is 18.2 Å². The van der Waals surface area contributed by atoms with Crippen molar-refractivity contribution in [2.75, 3.05) is 7.11 Å². The first-order chi connectivity index (χ1) is 6.65. The van der Waals surface area contributed by atoms with E-state index in [1.54, 1.807) is 0 Å². The molecule has 0 bridgehead atoms. The van der Waals surface area contributed by atoms with Gasteiger partial charge in [0.2, 0.25) is 0 Å². The molecule has 0 saturated heterocycles. The van der Waals surface area contributed by atoms with Crippen LogP contribution < -0.4 is 4.74 Å². The monoisotopic (exact) mass is 201 g/mol. The Kier molecular flexibility index (Phi) is 5.21. The summed E-state index contributed by atoms with van der Waals surface area (Å²) in [5.41, 5.74) is -0.187. The molecule has 1 aromatic carbocycles. The second-order valence-electron chi connectivity index (χ2n) is 2.08. The van der Waals surface area contributed by atoms with Gasteiger partial charge in [-0.25, -0.2) is 4.39 Å². The van der Waals surface area contributed by atoms with Crippen LogP contribution in [0.3, 0.4) is 0 Å². The van der Waals surface area contributed by atoms with E-state index < -0.39 is 10.7 Å². The first-order valence-corrected chi connectivity index (χ1v) is 4.13. The molecule has 1 rings (SSSR count). The molecule has 0 atom stereocenters. The maximum absolute atomic E-state index is 12.7. The largest absolute Gasteiger partial charge is 0.493 e. The summed E-state index contributed by atoms with van der Waals surface area (Å²) in [6.07, 6.45) is 0. The molecule has 0 amide bonds. The molecule has 0 aliphatic carbocycles. The van der Waals surface area contributed by atoms with Crippen LogP contribution in [0.5, 0.6) is 5.75 Å². The number of nitro groups is 1. The Balaban J connectivity index is 0.000000791. The molecule has 4 nitrogen and oxygen atoms in total. The molecule has 0 fully saturated rings. The van der Waals surface area contributed by atoms with Gasteiger partial charge in [-0.1, -0.05) is 13.8 Å². The molecule has 0 aromatic heterocycles. The van der Waals surface area contributed by atoms with E-state index in [0.29, 0.717) is 0 Å². The lowest BCUT2D eigenvalue weighted by Gasteiger charge is -1.99. The van der Waals surface area contributed by atoms with E-state index in [2.05, 4.69) is 4.74 Å². The fraction of sp³-hybridized carbons (Fsp3) is 0.333. The quantitative estimate of drug-likeness (QED) is 0.546. The van der Waals surface area contributed by atoms with Gasteiger partial charge in [0.15, 0.2) is 11.6 Å². The van der Waals surface area contributed by atoms with Gasteiger partial charge in [0.1, 0.15) is 0 Å². The average molecular weight is 201 g/mol. The zero-order valence-corrected chi connectivity index (χ0v) is 8.28. The summed E-state index contributed by atoms with van der Waals surface area (Å²) < 4.78 is 17.2. The molecule has 0 spiro atoms. The Morgan fingerprint density at radius 2 is 2.00 bits per heavy atom. The fourth-order valence-electron chi connectivity index (χ4n) is 0.762. The van der Waals surface area contributed by atoms with E-state index >= 15 is 0 Å². The minimum atomic E-state index is -0.609. The summed E-state index contributed by atoms with van der Waals surface area (Å²) in [6.45, 7) is 4.00. The van der Waals surface area contributed by atoms with Crippen molar-refractivity contribution in [3.63, 3.8) is 0 Å². The summed E-state index contributed by atoms with van der Waals surface area (Å²) in [7, 11) is 1.25. The van der Waals surface area contributed by atoms with Gasteiger partial charge >= 0.3 is 0 Å². The predicted octanol–water partition coefficient (Wildman–Crippen LogP) is 2.77. The molecule has 0 aliphatic heterocycles. The summed E-state index contributed by atoms with van der Waals surface area (Å²) in [4.78, 5) is 9.60. The van der Waals surface area contributed by atoms with Gasteiger partial charge in [0, 0.05) is 6.07 Å². The van der Waals surface area contributed by atoms with E-state index in [-0.39, 0.29) is 11.4 Å². The van der Waals surface area contributed by atoms with Gasteiger partial charge < -0.3 is 4.74 Å². The molecule has 0 N–H and O–H groups in total. The van der Waals surface area contributed by atoms with Crippen molar-refractivity contribution in [1.82, 2.24) is 0 Å². The number of benzene rings is 1. The third-order valence-corrected chi connectivity index (χ3v) is 1.35. The van der Waals surface area contributed by atoms with Crippen LogP contribution in [0.2, 0.25) is 0 Å². The van der Waals surface area contributed by atoms with Crippen molar-refractivity contribution < 1.29 is 14.1 Å². The van der Waals surface area contributed by atoms with Crippen LogP contribution in [-0.2, 0) is 0 Å². The Hall–Kier alpha value is -1.65. The van der Waals surface area contributed by atoms with Gasteiger partial charge in [0.25, 0.3) is 5.69 Å². The molecular formula is C9H12FNO3. The zero-order chi connectivity index (χ0) is 11.1. The maximum Gasteiger partial charge on any atom is 0.273 e. The van der Waals surface area contributed by atoms with E-state index in [0.717, 1.165) is 18.2 Å². The van der Waals surface area contributed by atoms with Crippen LogP contribution in [-0.4, -0.2) is 12.0 Å². The summed E-state index contributed by atoms with van der Waals surface area (Å²) in [5, 5.41) is 10.2. The highest BCUT2D eigenvalue weighted by molar-refractivity contribution is 5.39. The van der Waals surface area contributed by atoms with E-state index in [4.69, 9.17) is 0 Å². The Morgan fingerprint density at radius 3 is 2.43 bits per heavy atom. The molecule has 0 unspecified atom stereocenters. The van der Waals surface area contributed by atoms with Crippen molar-refractivity contribution in [2.45, 2.75) is 13.8 Å². The standard InChI is InChI=1S/C7H6FNO3.C2H6/c1-12-7-4-5(9(10)11)2-3-6(7)8;1-2/h2-4H,1H3;1-2H3. The van der Waals surface area contributed by atoms with Crippen molar-refractivity contribution in [3.05, 3.63) is 34.1 Å². The molecule has 0 aliphatic rings. The lowest BCUT2D eigenvalue weighted by molar-refractivity contribution is -0.385. The highest BCUT2D eigenvalue weighted by Crippen LogP contribution is 2.22. The van der Waals surface area contributed by atoms with Gasteiger partial charge in [0.05, 0.1) is 18.1 Å². The molecule has 0 heterocycles. The normalized spacial score (nSPS) is 8.57. The molecule has 1 aromatic rings. The lowest BCUT2D eigenvalue weighted by atomic mass is 10.3. The first kappa shape index (κ1) is 12.3. The topological polar surface area (TPSA) is 52.4 Å². The maximum atomic E-state index is 12.7. The number of nitro benzene ring substituents is 1. The van der Waals surface area contributed by atoms with Crippen molar-refractivity contribution in [3.8, 4) is 5.75 Å². The molecule has 14 heavy (non-hydrogen) atoms. The van der Waals surface area contributed by atoms with Crippen LogP contribution in [0, 0.1) is 15.9 Å². The number of nitrogens with zero attached hydrogens (tertiary/aromatic N) is 1. The third-order valence-electron chi connectivity index (χ3n) is 1.35. The van der Waals surface area contributed by atoms with Crippen LogP contribution in [0.25, 0.3) is 0 Å². The molecule has 0 saturated carbocycles. The molecule has 0 radical (unpaired) electrons. The van der Waals surface area contributed by atoms with Crippen LogP contribution in [0.1, 0.15) is 13.8 Å². The van der Waals surface area contributed by atoms with Crippen molar-refractivity contribution >= 4 is 5.69 Å². The minimum Gasteiger partial charge on any atom is -0.493 e. The predicted molar refractivity (Wildman–Crippen MR) is 51.0 cm³/mol. The molecular weight excluding hydrogens is 189 g/mol. The lowest BCUT2D eigenvalue weighted by Crippen LogP contribution is -1.92. The summed E-state index contributed by atoms with van der Waals surface area (Å²) in [5.74, 6) is -0.729. The van der Waals surface area contributed by atoms with Crippen LogP contribution >= 0.6 is 0 Å². The highest BCUT2D eigenvalue weighted by atomic mass is 19.1. The SMILES string of the molecule is CC.COc1cc([N+](=O)[O-])ccc1F. The second-order valence-corrected chi connectivity index (χ2v) is 2.08. The smallest absolute Gasteiger partial charge is 0.273 e. The van der Waals surface area contributed by atoms with Gasteiger partial charge in [-0.3, -0.25) is 10.1 Å². The molecule has 5 heteroatoms. The van der Waals surface area contributed by atoms with Crippen molar-refractivity contribution in [2.24, 2.45) is 0 Å². The zero-order valence-electron chi connectivity index (χ0n) is 8.28. The Labute approximate surface area is 81.5 Å². The summed E-state index contributed by atoms with van der Waals surface area (Å²) >= 11 is 0. The number of methoxy groups -OCH3 is 1. The minimum absolute atomic E-state index is 0.121.